The molecule has 1 aliphatic heterocycles. The molecule has 1 aliphatic carbocycles. The molecule has 0 radical (unpaired) electrons. The Morgan fingerprint density at radius 2 is 1.80 bits per heavy atom. The maximum absolute atomic E-state index is 6.07. The Bertz CT molecular complexity index is 975. The molecule has 0 bridgehead atoms. The van der Waals surface area contributed by atoms with Gasteiger partial charge in [0.15, 0.2) is 11.2 Å². The molecule has 2 aliphatic rings. The van der Waals surface area contributed by atoms with Crippen LogP contribution in [-0.4, -0.2) is 50.3 Å². The Hall–Kier alpha value is -2.58. The third-order valence-corrected chi connectivity index (χ3v) is 6.16. The number of hydrogen-bond donors (Lipinski definition) is 1. The van der Waals surface area contributed by atoms with Gasteiger partial charge in [-0.3, -0.25) is 0 Å². The molecule has 8 nitrogen and oxygen atoms in total. The number of nitrogens with two attached hydrogens (primary N) is 1. The number of aromatic nitrogens is 5. The van der Waals surface area contributed by atoms with Gasteiger partial charge in [-0.2, -0.15) is 4.68 Å². The van der Waals surface area contributed by atoms with Crippen LogP contribution in [0.3, 0.4) is 0 Å². The van der Waals surface area contributed by atoms with E-state index in [9.17, 15) is 0 Å². The standard InChI is InChI=1S/C22H28N6O2/c23-16-3-1-15(2-4-16)13-21-24-14-20-22(25-21)28(27-26-20)17-5-7-18(8-6-17)30-19-9-11-29-12-10-19/h5-8,14-16,19H,1-4,9-13,23H2. The summed E-state index contributed by atoms with van der Waals surface area (Å²) in [5, 5.41) is 8.53. The summed E-state index contributed by atoms with van der Waals surface area (Å²) in [6.45, 7) is 1.53. The predicted octanol–water partition coefficient (Wildman–Crippen LogP) is 2.83. The molecule has 8 heteroatoms. The zero-order valence-corrected chi connectivity index (χ0v) is 17.1. The second-order valence-corrected chi connectivity index (χ2v) is 8.40. The first-order valence-electron chi connectivity index (χ1n) is 10.9. The van der Waals surface area contributed by atoms with Crippen molar-refractivity contribution >= 4 is 11.2 Å². The van der Waals surface area contributed by atoms with E-state index in [2.05, 4.69) is 15.3 Å². The van der Waals surface area contributed by atoms with E-state index in [1.165, 1.54) is 0 Å². The Morgan fingerprint density at radius 1 is 1.03 bits per heavy atom. The number of fused-ring (bicyclic) bond motifs is 1. The first kappa shape index (κ1) is 19.4. The highest BCUT2D eigenvalue weighted by Gasteiger charge is 2.21. The Labute approximate surface area is 175 Å². The SMILES string of the molecule is NC1CCC(Cc2ncc3nnn(-c4ccc(OC5CCOCC5)cc4)c3n2)CC1. The van der Waals surface area contributed by atoms with Crippen LogP contribution in [0.15, 0.2) is 30.5 Å². The Kier molecular flexibility index (Phi) is 5.59. The van der Waals surface area contributed by atoms with Crippen molar-refractivity contribution in [2.75, 3.05) is 13.2 Å². The van der Waals surface area contributed by atoms with Crippen molar-refractivity contribution < 1.29 is 9.47 Å². The maximum Gasteiger partial charge on any atom is 0.187 e. The van der Waals surface area contributed by atoms with E-state index >= 15 is 0 Å². The van der Waals surface area contributed by atoms with Crippen molar-refractivity contribution in [2.45, 2.75) is 57.1 Å². The summed E-state index contributed by atoms with van der Waals surface area (Å²) >= 11 is 0. The van der Waals surface area contributed by atoms with Gasteiger partial charge in [0.05, 0.1) is 25.1 Å². The van der Waals surface area contributed by atoms with Gasteiger partial charge in [0.2, 0.25) is 0 Å². The molecule has 5 rings (SSSR count). The van der Waals surface area contributed by atoms with Crippen LogP contribution in [0.1, 0.15) is 44.3 Å². The highest BCUT2D eigenvalue weighted by atomic mass is 16.5. The van der Waals surface area contributed by atoms with Crippen LogP contribution in [0.5, 0.6) is 5.75 Å². The number of nitrogens with zero attached hydrogens (tertiary/aromatic N) is 5. The zero-order chi connectivity index (χ0) is 20.3. The molecule has 0 atom stereocenters. The van der Waals surface area contributed by atoms with Crippen molar-refractivity contribution in [1.82, 2.24) is 25.0 Å². The summed E-state index contributed by atoms with van der Waals surface area (Å²) in [6, 6.07) is 8.30. The second-order valence-electron chi connectivity index (χ2n) is 8.40. The van der Waals surface area contributed by atoms with Gasteiger partial charge in [0.25, 0.3) is 0 Å². The Morgan fingerprint density at radius 3 is 2.57 bits per heavy atom. The average Bonchev–Trinajstić information content (AvgIpc) is 3.20. The minimum absolute atomic E-state index is 0.224. The molecule has 1 aromatic carbocycles. The summed E-state index contributed by atoms with van der Waals surface area (Å²) in [4.78, 5) is 9.31. The van der Waals surface area contributed by atoms with Crippen molar-refractivity contribution in [3.8, 4) is 11.4 Å². The fraction of sp³-hybridized carbons (Fsp3) is 0.545. The maximum atomic E-state index is 6.07. The van der Waals surface area contributed by atoms with Gasteiger partial charge >= 0.3 is 0 Å². The lowest BCUT2D eigenvalue weighted by atomic mass is 9.84. The van der Waals surface area contributed by atoms with E-state index in [0.717, 1.165) is 81.1 Å². The molecule has 158 valence electrons. The minimum atomic E-state index is 0.224. The normalized spacial score (nSPS) is 23.0. The van der Waals surface area contributed by atoms with Gasteiger partial charge in [0, 0.05) is 25.3 Å². The van der Waals surface area contributed by atoms with Crippen LogP contribution in [0.2, 0.25) is 0 Å². The molecule has 2 aromatic heterocycles. The summed E-state index contributed by atoms with van der Waals surface area (Å²) < 4.78 is 13.2. The number of rotatable bonds is 5. The lowest BCUT2D eigenvalue weighted by Gasteiger charge is -2.25. The molecule has 2 N–H and O–H groups in total. The predicted molar refractivity (Wildman–Crippen MR) is 113 cm³/mol. The van der Waals surface area contributed by atoms with E-state index in [0.29, 0.717) is 17.5 Å². The highest BCUT2D eigenvalue weighted by Crippen LogP contribution is 2.26. The smallest absolute Gasteiger partial charge is 0.187 e. The molecule has 2 fully saturated rings. The topological polar surface area (TPSA) is 101 Å². The molecule has 3 aromatic rings. The van der Waals surface area contributed by atoms with Crippen LogP contribution in [-0.2, 0) is 11.2 Å². The van der Waals surface area contributed by atoms with Crippen molar-refractivity contribution in [2.24, 2.45) is 11.7 Å². The Balaban J connectivity index is 1.32. The van der Waals surface area contributed by atoms with E-state index in [1.54, 1.807) is 10.9 Å². The highest BCUT2D eigenvalue weighted by molar-refractivity contribution is 5.70. The van der Waals surface area contributed by atoms with Crippen LogP contribution in [0.25, 0.3) is 16.9 Å². The minimum Gasteiger partial charge on any atom is -0.490 e. The summed E-state index contributed by atoms with van der Waals surface area (Å²) in [7, 11) is 0. The quantitative estimate of drug-likeness (QED) is 0.693. The molecular formula is C22H28N6O2. The summed E-state index contributed by atoms with van der Waals surface area (Å²) in [5.41, 5.74) is 8.38. The van der Waals surface area contributed by atoms with Crippen molar-refractivity contribution in [1.29, 1.82) is 0 Å². The fourth-order valence-electron chi connectivity index (χ4n) is 4.34. The largest absolute Gasteiger partial charge is 0.490 e. The van der Waals surface area contributed by atoms with Gasteiger partial charge < -0.3 is 15.2 Å². The van der Waals surface area contributed by atoms with Crippen LogP contribution < -0.4 is 10.5 Å². The van der Waals surface area contributed by atoms with E-state index in [1.807, 2.05) is 24.3 Å². The third kappa shape index (κ3) is 4.29. The van der Waals surface area contributed by atoms with Crippen LogP contribution in [0, 0.1) is 5.92 Å². The first-order chi connectivity index (χ1) is 14.7. The molecule has 0 unspecified atom stereocenters. The fourth-order valence-corrected chi connectivity index (χ4v) is 4.34. The van der Waals surface area contributed by atoms with Gasteiger partial charge in [-0.25, -0.2) is 9.97 Å². The van der Waals surface area contributed by atoms with E-state index in [-0.39, 0.29) is 6.10 Å². The molecule has 3 heterocycles. The zero-order valence-electron chi connectivity index (χ0n) is 17.1. The molecule has 0 amide bonds. The van der Waals surface area contributed by atoms with Gasteiger partial charge in [-0.15, -0.1) is 5.10 Å². The number of benzene rings is 1. The summed E-state index contributed by atoms with van der Waals surface area (Å²) in [6.07, 6.45) is 9.22. The first-order valence-corrected chi connectivity index (χ1v) is 10.9. The second kappa shape index (κ2) is 8.65. The van der Waals surface area contributed by atoms with Crippen molar-refractivity contribution in [3.05, 3.63) is 36.3 Å². The lowest BCUT2D eigenvalue weighted by Crippen LogP contribution is -2.27. The molecule has 30 heavy (non-hydrogen) atoms. The monoisotopic (exact) mass is 408 g/mol. The van der Waals surface area contributed by atoms with Crippen LogP contribution >= 0.6 is 0 Å². The summed E-state index contributed by atoms with van der Waals surface area (Å²) in [5.74, 6) is 2.32. The van der Waals surface area contributed by atoms with Crippen molar-refractivity contribution in [3.63, 3.8) is 0 Å². The third-order valence-electron chi connectivity index (χ3n) is 6.16. The van der Waals surface area contributed by atoms with Gasteiger partial charge in [0.1, 0.15) is 17.7 Å². The molecule has 0 spiro atoms. The average molecular weight is 409 g/mol. The van der Waals surface area contributed by atoms with E-state index in [4.69, 9.17) is 20.2 Å². The number of hydrogen-bond acceptors (Lipinski definition) is 7. The molecule has 1 saturated carbocycles. The number of ether oxygens (including phenoxy) is 2. The van der Waals surface area contributed by atoms with Gasteiger partial charge in [-0.1, -0.05) is 5.21 Å². The van der Waals surface area contributed by atoms with Crippen LogP contribution in [0.4, 0.5) is 0 Å². The van der Waals surface area contributed by atoms with E-state index < -0.39 is 0 Å². The molecular weight excluding hydrogens is 380 g/mol. The lowest BCUT2D eigenvalue weighted by molar-refractivity contribution is 0.0256. The van der Waals surface area contributed by atoms with Gasteiger partial charge in [-0.05, 0) is 55.9 Å². The molecule has 1 saturated heterocycles.